The van der Waals surface area contributed by atoms with Crippen LogP contribution in [-0.2, 0) is 0 Å². The Morgan fingerprint density at radius 2 is 1.81 bits per heavy atom. The van der Waals surface area contributed by atoms with Gasteiger partial charge in [-0.05, 0) is 36.4 Å². The van der Waals surface area contributed by atoms with Crippen LogP contribution in [0.1, 0.15) is 20.7 Å². The molecule has 0 fully saturated rings. The highest BCUT2D eigenvalue weighted by atomic mass is 79.9. The number of benzene rings is 2. The van der Waals surface area contributed by atoms with Crippen LogP contribution in [0.3, 0.4) is 0 Å². The maximum absolute atomic E-state index is 12.1. The van der Waals surface area contributed by atoms with Crippen LogP contribution >= 0.6 is 27.5 Å². The molecular formula is C14H9BrClNO4. The number of nitrogens with one attached hydrogen (secondary N) is 1. The Hall–Kier alpha value is -2.05. The van der Waals surface area contributed by atoms with E-state index in [1.807, 2.05) is 0 Å². The van der Waals surface area contributed by atoms with E-state index in [0.29, 0.717) is 0 Å². The predicted octanol–water partition coefficient (Wildman–Crippen LogP) is 3.76. The van der Waals surface area contributed by atoms with Gasteiger partial charge in [-0.1, -0.05) is 27.5 Å². The van der Waals surface area contributed by atoms with Crippen molar-refractivity contribution in [1.29, 1.82) is 0 Å². The van der Waals surface area contributed by atoms with Gasteiger partial charge < -0.3 is 15.5 Å². The molecule has 0 unspecified atom stereocenters. The summed E-state index contributed by atoms with van der Waals surface area (Å²) in [4.78, 5) is 23.0. The minimum Gasteiger partial charge on any atom is -0.507 e. The molecule has 108 valence electrons. The number of rotatable bonds is 3. The van der Waals surface area contributed by atoms with Crippen molar-refractivity contribution < 1.29 is 19.8 Å². The first-order chi connectivity index (χ1) is 9.88. The van der Waals surface area contributed by atoms with E-state index in [0.717, 1.165) is 4.47 Å². The van der Waals surface area contributed by atoms with Crippen molar-refractivity contribution >= 4 is 45.1 Å². The van der Waals surface area contributed by atoms with Gasteiger partial charge >= 0.3 is 5.97 Å². The minimum absolute atomic E-state index is 0.245. The fourth-order valence-electron chi connectivity index (χ4n) is 1.66. The van der Waals surface area contributed by atoms with Crippen LogP contribution in [0, 0.1) is 0 Å². The topological polar surface area (TPSA) is 86.6 Å². The van der Waals surface area contributed by atoms with E-state index in [1.165, 1.54) is 18.2 Å². The number of amides is 1. The van der Waals surface area contributed by atoms with Gasteiger partial charge in [0.2, 0.25) is 0 Å². The monoisotopic (exact) mass is 369 g/mol. The maximum Gasteiger partial charge on any atom is 0.339 e. The molecule has 7 heteroatoms. The van der Waals surface area contributed by atoms with Crippen LogP contribution in [-0.4, -0.2) is 22.1 Å². The Morgan fingerprint density at radius 1 is 1.10 bits per heavy atom. The quantitative estimate of drug-likeness (QED) is 0.718. The summed E-state index contributed by atoms with van der Waals surface area (Å²) in [5, 5.41) is 21.1. The van der Waals surface area contributed by atoms with Gasteiger partial charge in [0.05, 0.1) is 10.6 Å². The van der Waals surface area contributed by atoms with Gasteiger partial charge in [0.15, 0.2) is 0 Å². The smallest absolute Gasteiger partial charge is 0.339 e. The third-order valence-corrected chi connectivity index (χ3v) is 3.47. The molecule has 1 amide bonds. The van der Waals surface area contributed by atoms with Gasteiger partial charge in [-0.3, -0.25) is 4.79 Å². The van der Waals surface area contributed by atoms with E-state index in [1.54, 1.807) is 18.2 Å². The first-order valence-electron chi connectivity index (χ1n) is 5.71. The Bertz CT molecular complexity index is 733. The Balaban J connectivity index is 2.27. The Morgan fingerprint density at radius 3 is 2.43 bits per heavy atom. The molecule has 0 aliphatic heterocycles. The van der Waals surface area contributed by atoms with Crippen molar-refractivity contribution in [3.8, 4) is 5.75 Å². The molecule has 0 atom stereocenters. The number of halogens is 2. The highest BCUT2D eigenvalue weighted by molar-refractivity contribution is 9.10. The Kier molecular flexibility index (Phi) is 4.50. The highest BCUT2D eigenvalue weighted by Crippen LogP contribution is 2.24. The summed E-state index contributed by atoms with van der Waals surface area (Å²) in [7, 11) is 0. The van der Waals surface area contributed by atoms with E-state index < -0.39 is 11.9 Å². The lowest BCUT2D eigenvalue weighted by molar-refractivity contribution is 0.0693. The minimum atomic E-state index is -1.29. The molecule has 3 N–H and O–H groups in total. The second kappa shape index (κ2) is 6.15. The Labute approximate surface area is 133 Å². The van der Waals surface area contributed by atoms with Crippen molar-refractivity contribution in [3.63, 3.8) is 0 Å². The van der Waals surface area contributed by atoms with E-state index in [9.17, 15) is 14.7 Å². The summed E-state index contributed by atoms with van der Waals surface area (Å²) in [6.07, 6.45) is 0. The molecule has 0 radical (unpaired) electrons. The van der Waals surface area contributed by atoms with Crippen molar-refractivity contribution in [3.05, 3.63) is 57.0 Å². The number of carbonyl (C=O) groups excluding carboxylic acids is 1. The number of phenols is 1. The molecule has 0 aromatic heterocycles. The van der Waals surface area contributed by atoms with E-state index in [4.69, 9.17) is 16.7 Å². The van der Waals surface area contributed by atoms with Gasteiger partial charge in [-0.2, -0.15) is 0 Å². The molecule has 2 rings (SSSR count). The van der Waals surface area contributed by atoms with Crippen LogP contribution in [0.2, 0.25) is 5.02 Å². The third kappa shape index (κ3) is 3.53. The van der Waals surface area contributed by atoms with Gasteiger partial charge in [-0.25, -0.2) is 4.79 Å². The molecule has 2 aromatic rings. The molecule has 0 heterocycles. The zero-order valence-corrected chi connectivity index (χ0v) is 12.8. The van der Waals surface area contributed by atoms with Crippen LogP contribution in [0.5, 0.6) is 5.75 Å². The van der Waals surface area contributed by atoms with Crippen LogP contribution in [0.15, 0.2) is 40.9 Å². The number of hydrogen-bond acceptors (Lipinski definition) is 3. The van der Waals surface area contributed by atoms with Crippen LogP contribution in [0.4, 0.5) is 5.69 Å². The third-order valence-electron chi connectivity index (χ3n) is 2.66. The van der Waals surface area contributed by atoms with Crippen molar-refractivity contribution in [2.45, 2.75) is 0 Å². The van der Waals surface area contributed by atoms with Crippen LogP contribution in [0.25, 0.3) is 0 Å². The van der Waals surface area contributed by atoms with Crippen LogP contribution < -0.4 is 5.32 Å². The first-order valence-corrected chi connectivity index (χ1v) is 6.88. The van der Waals surface area contributed by atoms with E-state index in [-0.39, 0.29) is 27.6 Å². The van der Waals surface area contributed by atoms with Gasteiger partial charge in [0.1, 0.15) is 11.3 Å². The van der Waals surface area contributed by atoms with Crippen molar-refractivity contribution in [2.75, 3.05) is 5.32 Å². The normalized spacial score (nSPS) is 10.2. The molecule has 0 saturated heterocycles. The summed E-state index contributed by atoms with van der Waals surface area (Å²) >= 11 is 9.21. The zero-order chi connectivity index (χ0) is 15.6. The lowest BCUT2D eigenvalue weighted by atomic mass is 10.1. The second-order valence-electron chi connectivity index (χ2n) is 4.12. The summed E-state index contributed by atoms with van der Waals surface area (Å²) in [5.41, 5.74) is 0.203. The van der Waals surface area contributed by atoms with E-state index in [2.05, 4.69) is 21.2 Å². The predicted molar refractivity (Wildman–Crippen MR) is 82.2 cm³/mol. The fraction of sp³-hybridized carbons (Fsp3) is 0. The summed E-state index contributed by atoms with van der Waals surface area (Å²) < 4.78 is 0.738. The summed E-state index contributed by atoms with van der Waals surface area (Å²) in [6.45, 7) is 0. The number of anilines is 1. The SMILES string of the molecule is O=C(O)c1cc(NC(=O)c2ccc(Br)cc2Cl)ccc1O. The molecule has 21 heavy (non-hydrogen) atoms. The molecule has 0 aliphatic carbocycles. The molecule has 0 saturated carbocycles. The largest absolute Gasteiger partial charge is 0.507 e. The highest BCUT2D eigenvalue weighted by Gasteiger charge is 2.14. The first kappa shape index (κ1) is 15.3. The average Bonchev–Trinajstić information content (AvgIpc) is 2.40. The molecule has 2 aromatic carbocycles. The number of carboxylic acid groups (broad SMARTS) is 1. The number of hydrogen-bond donors (Lipinski definition) is 3. The maximum atomic E-state index is 12.1. The molecule has 0 bridgehead atoms. The molecular weight excluding hydrogens is 362 g/mol. The average molecular weight is 371 g/mol. The van der Waals surface area contributed by atoms with Crippen molar-refractivity contribution in [2.24, 2.45) is 0 Å². The van der Waals surface area contributed by atoms with Gasteiger partial charge in [0.25, 0.3) is 5.91 Å². The van der Waals surface area contributed by atoms with Crippen molar-refractivity contribution in [1.82, 2.24) is 0 Å². The van der Waals surface area contributed by atoms with Gasteiger partial charge in [0, 0.05) is 10.2 Å². The summed E-state index contributed by atoms with van der Waals surface area (Å²) in [5.74, 6) is -2.14. The van der Waals surface area contributed by atoms with Gasteiger partial charge in [-0.15, -0.1) is 0 Å². The fourth-order valence-corrected chi connectivity index (χ4v) is 2.42. The second-order valence-corrected chi connectivity index (χ2v) is 5.44. The molecule has 0 spiro atoms. The van der Waals surface area contributed by atoms with E-state index >= 15 is 0 Å². The lowest BCUT2D eigenvalue weighted by Gasteiger charge is -2.08. The number of aromatic hydroxyl groups is 1. The number of aromatic carboxylic acids is 1. The standard InChI is InChI=1S/C14H9BrClNO4/c15-7-1-3-9(11(16)5-7)13(19)17-8-2-4-12(18)10(6-8)14(20)21/h1-6,18H,(H,17,19)(H,20,21). The number of carbonyl (C=O) groups is 2. The number of carboxylic acids is 1. The molecule has 5 nitrogen and oxygen atoms in total. The summed E-state index contributed by atoms with van der Waals surface area (Å²) in [6, 6.07) is 8.55. The zero-order valence-electron chi connectivity index (χ0n) is 10.4. The lowest BCUT2D eigenvalue weighted by Crippen LogP contribution is -2.13. The molecule has 0 aliphatic rings.